The summed E-state index contributed by atoms with van der Waals surface area (Å²) in [5, 5.41) is 8.96. The maximum atomic E-state index is 11.9. The molecule has 2 unspecified atom stereocenters. The van der Waals surface area contributed by atoms with Gasteiger partial charge in [0.2, 0.25) is 0 Å². The molecule has 1 N–H and O–H groups in total. The van der Waals surface area contributed by atoms with E-state index in [9.17, 15) is 9.59 Å². The Morgan fingerprint density at radius 2 is 2.17 bits per heavy atom. The Morgan fingerprint density at radius 3 is 2.67 bits per heavy atom. The number of carboxylic acids is 1. The molecule has 0 heterocycles. The van der Waals surface area contributed by atoms with Crippen LogP contribution in [0.5, 0.6) is 0 Å². The summed E-state index contributed by atoms with van der Waals surface area (Å²) in [5.41, 5.74) is 1.33. The van der Waals surface area contributed by atoms with Gasteiger partial charge in [0.1, 0.15) is 5.78 Å². The molecule has 1 aliphatic rings. The van der Waals surface area contributed by atoms with Gasteiger partial charge in [-0.05, 0) is 37.2 Å². The lowest BCUT2D eigenvalue weighted by Gasteiger charge is -2.10. The van der Waals surface area contributed by atoms with Crippen molar-refractivity contribution in [2.24, 2.45) is 5.92 Å². The molecule has 1 aromatic rings. The van der Waals surface area contributed by atoms with Gasteiger partial charge in [-0.15, -0.1) is 0 Å². The fraction of sp³-hybridized carbons (Fsp3) is 0.467. The normalized spacial score (nSPS) is 29.8. The van der Waals surface area contributed by atoms with E-state index < -0.39 is 42.8 Å². The third-order valence-corrected chi connectivity index (χ3v) is 3.22. The van der Waals surface area contributed by atoms with Gasteiger partial charge in [0.25, 0.3) is 0 Å². The Kier molecular flexibility index (Phi) is 2.51. The zero-order chi connectivity index (χ0) is 16.7. The molecule has 2 rings (SSSR count). The molecule has 96 valence electrons. The minimum absolute atomic E-state index is 0.118. The van der Waals surface area contributed by atoms with Crippen molar-refractivity contribution in [2.45, 2.75) is 38.4 Å². The van der Waals surface area contributed by atoms with Crippen molar-refractivity contribution in [3.05, 3.63) is 35.4 Å². The van der Waals surface area contributed by atoms with Crippen molar-refractivity contribution in [3.63, 3.8) is 0 Å². The van der Waals surface area contributed by atoms with Crippen LogP contribution in [0, 0.1) is 5.92 Å². The maximum Gasteiger partial charge on any atom is 0.310 e. The molecule has 0 amide bonds. The fourth-order valence-corrected chi connectivity index (χ4v) is 1.95. The van der Waals surface area contributed by atoms with Crippen LogP contribution >= 0.6 is 0 Å². The van der Waals surface area contributed by atoms with Gasteiger partial charge in [0.05, 0.1) is 5.92 Å². The van der Waals surface area contributed by atoms with Crippen molar-refractivity contribution >= 4 is 11.8 Å². The Balaban J connectivity index is 2.18. The molecular weight excluding hydrogens is 228 g/mol. The average molecular weight is 250 g/mol. The van der Waals surface area contributed by atoms with Crippen LogP contribution in [0.4, 0.5) is 0 Å². The summed E-state index contributed by atoms with van der Waals surface area (Å²) in [6.07, 6.45) is -4.63. The molecule has 0 radical (unpaired) electrons. The molecule has 3 nitrogen and oxygen atoms in total. The monoisotopic (exact) mass is 250 g/mol. The molecular formula is C15H18O3. The molecule has 3 heteroatoms. The Morgan fingerprint density at radius 1 is 1.50 bits per heavy atom. The van der Waals surface area contributed by atoms with Gasteiger partial charge < -0.3 is 5.11 Å². The average Bonchev–Trinajstić information content (AvgIpc) is 2.57. The number of carboxylic acid groups (broad SMARTS) is 1. The first-order valence-electron chi connectivity index (χ1n) is 7.90. The molecule has 1 aliphatic carbocycles. The summed E-state index contributed by atoms with van der Waals surface area (Å²) in [7, 11) is 0. The lowest BCUT2D eigenvalue weighted by molar-refractivity contribution is -0.138. The maximum absolute atomic E-state index is 11.9. The molecule has 0 saturated heterocycles. The number of rotatable bonds is 4. The van der Waals surface area contributed by atoms with Crippen molar-refractivity contribution in [2.75, 3.05) is 0 Å². The van der Waals surface area contributed by atoms with Crippen LogP contribution in [0.1, 0.15) is 48.6 Å². The zero-order valence-electron chi connectivity index (χ0n) is 14.1. The predicted molar refractivity (Wildman–Crippen MR) is 68.5 cm³/mol. The molecule has 1 saturated carbocycles. The number of hydrogen-bond donors (Lipinski definition) is 1. The molecule has 1 aromatic carbocycles. The van der Waals surface area contributed by atoms with Crippen LogP contribution in [-0.2, 0) is 16.0 Å². The minimum Gasteiger partial charge on any atom is -0.481 e. The summed E-state index contributed by atoms with van der Waals surface area (Å²) in [5.74, 6) is -2.98. The van der Waals surface area contributed by atoms with E-state index in [0.717, 1.165) is 0 Å². The number of carbonyl (C=O) groups is 2. The SMILES string of the molecule is [2H]C1([2H])CC(=O)C(Cc2ccc(C(C)C(=O)O)cc2)C1([2H])[2H]. The molecule has 0 spiro atoms. The number of hydrogen-bond acceptors (Lipinski definition) is 2. The van der Waals surface area contributed by atoms with Crippen LogP contribution < -0.4 is 0 Å². The largest absolute Gasteiger partial charge is 0.481 e. The van der Waals surface area contributed by atoms with E-state index in [1.54, 1.807) is 31.2 Å². The van der Waals surface area contributed by atoms with E-state index in [-0.39, 0.29) is 6.42 Å². The zero-order valence-corrected chi connectivity index (χ0v) is 10.1. The van der Waals surface area contributed by atoms with Gasteiger partial charge in [0.15, 0.2) is 0 Å². The van der Waals surface area contributed by atoms with Crippen molar-refractivity contribution in [1.29, 1.82) is 0 Å². The van der Waals surface area contributed by atoms with Crippen molar-refractivity contribution in [1.82, 2.24) is 0 Å². The van der Waals surface area contributed by atoms with E-state index in [1.165, 1.54) is 0 Å². The van der Waals surface area contributed by atoms with Gasteiger partial charge >= 0.3 is 5.97 Å². The summed E-state index contributed by atoms with van der Waals surface area (Å²) in [6.45, 7) is 1.57. The van der Waals surface area contributed by atoms with Crippen molar-refractivity contribution < 1.29 is 20.2 Å². The number of ketones is 1. The third-order valence-electron chi connectivity index (χ3n) is 3.22. The minimum atomic E-state index is -2.20. The van der Waals surface area contributed by atoms with E-state index in [0.29, 0.717) is 11.1 Å². The number of Topliss-reactive ketones (excluding diaryl/α,β-unsaturated/α-hetero) is 1. The third kappa shape index (κ3) is 2.78. The predicted octanol–water partition coefficient (Wildman–Crippen LogP) is 2.79. The van der Waals surface area contributed by atoms with E-state index >= 15 is 0 Å². The standard InChI is InChI=1S/C15H18O3/c1-10(15(17)18)12-7-5-11(6-8-12)9-13-3-2-4-14(13)16/h5-8,10,13H,2-4,9H2,1H3,(H,17,18)/i2D2,3D2. The van der Waals surface area contributed by atoms with Gasteiger partial charge in [0, 0.05) is 17.8 Å². The second-order valence-electron chi connectivity index (χ2n) is 4.52. The first-order chi connectivity index (χ1) is 10.1. The smallest absolute Gasteiger partial charge is 0.310 e. The summed E-state index contributed by atoms with van der Waals surface area (Å²) in [4.78, 5) is 22.8. The molecule has 0 aliphatic heterocycles. The molecule has 2 atom stereocenters. The number of aliphatic carboxylic acids is 1. The van der Waals surface area contributed by atoms with Crippen molar-refractivity contribution in [3.8, 4) is 0 Å². The Bertz CT molecular complexity index is 595. The van der Waals surface area contributed by atoms with E-state index in [4.69, 9.17) is 10.6 Å². The lowest BCUT2D eigenvalue weighted by atomic mass is 9.94. The topological polar surface area (TPSA) is 54.4 Å². The second kappa shape index (κ2) is 5.34. The van der Waals surface area contributed by atoms with Crippen LogP contribution in [0.15, 0.2) is 24.3 Å². The highest BCUT2D eigenvalue weighted by atomic mass is 16.4. The summed E-state index contributed by atoms with van der Waals surface area (Å²) in [6, 6.07) is 6.65. The highest BCUT2D eigenvalue weighted by Crippen LogP contribution is 2.25. The van der Waals surface area contributed by atoms with E-state index in [1.807, 2.05) is 0 Å². The number of carbonyl (C=O) groups excluding carboxylic acids is 1. The summed E-state index contributed by atoms with van der Waals surface area (Å²) < 4.78 is 31.1. The molecule has 0 aromatic heterocycles. The van der Waals surface area contributed by atoms with Gasteiger partial charge in [-0.25, -0.2) is 0 Å². The van der Waals surface area contributed by atoms with Crippen LogP contribution in [0.3, 0.4) is 0 Å². The summed E-state index contributed by atoms with van der Waals surface area (Å²) >= 11 is 0. The van der Waals surface area contributed by atoms with Gasteiger partial charge in [-0.3, -0.25) is 9.59 Å². The highest BCUT2D eigenvalue weighted by Gasteiger charge is 2.24. The lowest BCUT2D eigenvalue weighted by Crippen LogP contribution is -2.10. The molecule has 1 fully saturated rings. The first kappa shape index (κ1) is 8.46. The first-order valence-corrected chi connectivity index (χ1v) is 5.90. The Labute approximate surface area is 112 Å². The van der Waals surface area contributed by atoms with Crippen LogP contribution in [-0.4, -0.2) is 16.9 Å². The van der Waals surface area contributed by atoms with Gasteiger partial charge in [-0.1, -0.05) is 24.3 Å². The Hall–Kier alpha value is -1.64. The quantitative estimate of drug-likeness (QED) is 0.894. The van der Waals surface area contributed by atoms with E-state index in [2.05, 4.69) is 0 Å². The molecule has 0 bridgehead atoms. The fourth-order valence-electron chi connectivity index (χ4n) is 1.95. The second-order valence-corrected chi connectivity index (χ2v) is 4.52. The van der Waals surface area contributed by atoms with Crippen LogP contribution in [0.2, 0.25) is 0 Å². The van der Waals surface area contributed by atoms with Gasteiger partial charge in [-0.2, -0.15) is 0 Å². The highest BCUT2D eigenvalue weighted by molar-refractivity contribution is 5.83. The van der Waals surface area contributed by atoms with Crippen LogP contribution in [0.25, 0.3) is 0 Å². The number of benzene rings is 1. The molecule has 18 heavy (non-hydrogen) atoms.